The van der Waals surface area contributed by atoms with Gasteiger partial charge in [-0.1, -0.05) is 12.1 Å². The molecule has 18 heavy (non-hydrogen) atoms. The van der Waals surface area contributed by atoms with Crippen LogP contribution in [-0.2, 0) is 11.3 Å². The van der Waals surface area contributed by atoms with Gasteiger partial charge in [0.05, 0.1) is 19.8 Å². The summed E-state index contributed by atoms with van der Waals surface area (Å²) in [5.41, 5.74) is 1.09. The van der Waals surface area contributed by atoms with Gasteiger partial charge in [-0.2, -0.15) is 0 Å². The van der Waals surface area contributed by atoms with Crippen LogP contribution >= 0.6 is 0 Å². The summed E-state index contributed by atoms with van der Waals surface area (Å²) in [7, 11) is 3.38. The topological polar surface area (TPSA) is 39.7 Å². The van der Waals surface area contributed by atoms with Crippen molar-refractivity contribution in [2.24, 2.45) is 0 Å². The third-order valence-electron chi connectivity index (χ3n) is 2.71. The van der Waals surface area contributed by atoms with Crippen molar-refractivity contribution in [3.8, 4) is 11.5 Å². The predicted octanol–water partition coefficient (Wildman–Crippen LogP) is 2.22. The lowest BCUT2D eigenvalue weighted by Gasteiger charge is -2.15. The molecular weight excluding hydrogens is 230 g/mol. The molecule has 1 unspecified atom stereocenters. The number of nitrogens with one attached hydrogen (secondary N) is 1. The van der Waals surface area contributed by atoms with Crippen molar-refractivity contribution in [3.05, 3.63) is 23.8 Å². The number of para-hydroxylation sites is 1. The summed E-state index contributed by atoms with van der Waals surface area (Å²) in [5, 5.41) is 3.34. The molecule has 0 aliphatic heterocycles. The molecule has 0 heterocycles. The van der Waals surface area contributed by atoms with Gasteiger partial charge < -0.3 is 19.5 Å². The SMILES string of the molecule is CCOc1cccc(CNCC(C)OC)c1OC. The number of ether oxygens (including phenoxy) is 3. The van der Waals surface area contributed by atoms with E-state index in [1.807, 2.05) is 32.0 Å². The second-order valence-electron chi connectivity index (χ2n) is 4.06. The van der Waals surface area contributed by atoms with E-state index in [2.05, 4.69) is 5.32 Å². The van der Waals surface area contributed by atoms with Gasteiger partial charge in [-0.15, -0.1) is 0 Å². The average molecular weight is 253 g/mol. The van der Waals surface area contributed by atoms with Crippen molar-refractivity contribution in [1.82, 2.24) is 5.32 Å². The van der Waals surface area contributed by atoms with Crippen LogP contribution in [0.1, 0.15) is 19.4 Å². The van der Waals surface area contributed by atoms with Crippen molar-refractivity contribution in [1.29, 1.82) is 0 Å². The second-order valence-corrected chi connectivity index (χ2v) is 4.06. The Labute approximate surface area is 109 Å². The quantitative estimate of drug-likeness (QED) is 0.771. The largest absolute Gasteiger partial charge is 0.493 e. The van der Waals surface area contributed by atoms with E-state index in [0.29, 0.717) is 6.61 Å². The summed E-state index contributed by atoms with van der Waals surface area (Å²) in [6.45, 7) is 6.16. The molecule has 0 spiro atoms. The lowest BCUT2D eigenvalue weighted by atomic mass is 10.2. The highest BCUT2D eigenvalue weighted by Crippen LogP contribution is 2.30. The molecule has 4 heteroatoms. The fourth-order valence-electron chi connectivity index (χ4n) is 1.69. The fraction of sp³-hybridized carbons (Fsp3) is 0.571. The third kappa shape index (κ3) is 4.20. The van der Waals surface area contributed by atoms with Crippen LogP contribution in [0.25, 0.3) is 0 Å². The molecule has 0 fully saturated rings. The van der Waals surface area contributed by atoms with E-state index in [1.165, 1.54) is 0 Å². The van der Waals surface area contributed by atoms with Crippen LogP contribution in [-0.4, -0.2) is 33.5 Å². The van der Waals surface area contributed by atoms with Crippen molar-refractivity contribution in [2.75, 3.05) is 27.4 Å². The number of benzene rings is 1. The van der Waals surface area contributed by atoms with Crippen LogP contribution in [0.15, 0.2) is 18.2 Å². The normalized spacial score (nSPS) is 12.2. The van der Waals surface area contributed by atoms with Crippen LogP contribution in [0.5, 0.6) is 11.5 Å². The Morgan fingerprint density at radius 2 is 2.06 bits per heavy atom. The number of hydrogen-bond donors (Lipinski definition) is 1. The average Bonchev–Trinajstić information content (AvgIpc) is 2.39. The zero-order valence-electron chi connectivity index (χ0n) is 11.7. The highest BCUT2D eigenvalue weighted by atomic mass is 16.5. The standard InChI is InChI=1S/C14H23NO3/c1-5-18-13-8-6-7-12(14(13)17-4)10-15-9-11(2)16-3/h6-8,11,15H,5,9-10H2,1-4H3. The molecule has 0 saturated carbocycles. The van der Waals surface area contributed by atoms with Crippen molar-refractivity contribution >= 4 is 0 Å². The van der Waals surface area contributed by atoms with Crippen LogP contribution in [0.3, 0.4) is 0 Å². The first-order valence-electron chi connectivity index (χ1n) is 6.25. The number of hydrogen-bond acceptors (Lipinski definition) is 4. The maximum absolute atomic E-state index is 5.54. The van der Waals surface area contributed by atoms with Gasteiger partial charge in [-0.05, 0) is 19.9 Å². The predicted molar refractivity (Wildman–Crippen MR) is 72.3 cm³/mol. The molecule has 0 aliphatic carbocycles. The Bertz CT molecular complexity index is 355. The summed E-state index contributed by atoms with van der Waals surface area (Å²) < 4.78 is 16.1. The maximum atomic E-state index is 5.54. The zero-order chi connectivity index (χ0) is 13.4. The van der Waals surface area contributed by atoms with Gasteiger partial charge in [0.15, 0.2) is 11.5 Å². The molecule has 0 saturated heterocycles. The van der Waals surface area contributed by atoms with Gasteiger partial charge in [0.25, 0.3) is 0 Å². The molecule has 0 amide bonds. The maximum Gasteiger partial charge on any atom is 0.165 e. The number of methoxy groups -OCH3 is 2. The summed E-state index contributed by atoms with van der Waals surface area (Å²) in [5.74, 6) is 1.59. The molecule has 0 radical (unpaired) electrons. The zero-order valence-corrected chi connectivity index (χ0v) is 11.7. The molecule has 1 aromatic carbocycles. The minimum absolute atomic E-state index is 0.200. The van der Waals surface area contributed by atoms with Crippen LogP contribution in [0, 0.1) is 0 Å². The molecule has 1 aromatic rings. The van der Waals surface area contributed by atoms with E-state index >= 15 is 0 Å². The van der Waals surface area contributed by atoms with Crippen molar-refractivity contribution in [3.63, 3.8) is 0 Å². The molecule has 0 aromatic heterocycles. The van der Waals surface area contributed by atoms with Crippen LogP contribution in [0.4, 0.5) is 0 Å². The van der Waals surface area contributed by atoms with E-state index in [-0.39, 0.29) is 6.10 Å². The molecule has 1 N–H and O–H groups in total. The van der Waals surface area contributed by atoms with E-state index in [4.69, 9.17) is 14.2 Å². The molecule has 4 nitrogen and oxygen atoms in total. The first kappa shape index (κ1) is 14.8. The van der Waals surface area contributed by atoms with Crippen LogP contribution in [0.2, 0.25) is 0 Å². The van der Waals surface area contributed by atoms with Gasteiger partial charge in [-0.25, -0.2) is 0 Å². The smallest absolute Gasteiger partial charge is 0.165 e. The van der Waals surface area contributed by atoms with Gasteiger partial charge in [0.2, 0.25) is 0 Å². The Morgan fingerprint density at radius 1 is 1.28 bits per heavy atom. The highest BCUT2D eigenvalue weighted by molar-refractivity contribution is 5.46. The first-order chi connectivity index (χ1) is 8.72. The minimum Gasteiger partial charge on any atom is -0.493 e. The molecule has 102 valence electrons. The van der Waals surface area contributed by atoms with Gasteiger partial charge in [-0.3, -0.25) is 0 Å². The Morgan fingerprint density at radius 3 is 2.67 bits per heavy atom. The molecular formula is C14H23NO3. The monoisotopic (exact) mass is 253 g/mol. The van der Waals surface area contributed by atoms with Gasteiger partial charge in [0.1, 0.15) is 0 Å². The van der Waals surface area contributed by atoms with Crippen LogP contribution < -0.4 is 14.8 Å². The van der Waals surface area contributed by atoms with Crippen molar-refractivity contribution < 1.29 is 14.2 Å². The van der Waals surface area contributed by atoms with E-state index < -0.39 is 0 Å². The summed E-state index contributed by atoms with van der Waals surface area (Å²) in [6, 6.07) is 5.93. The summed E-state index contributed by atoms with van der Waals surface area (Å²) >= 11 is 0. The highest BCUT2D eigenvalue weighted by Gasteiger charge is 2.09. The Kier molecular flexibility index (Phi) is 6.54. The van der Waals surface area contributed by atoms with Gasteiger partial charge in [0, 0.05) is 25.8 Å². The fourth-order valence-corrected chi connectivity index (χ4v) is 1.69. The first-order valence-corrected chi connectivity index (χ1v) is 6.25. The summed E-state index contributed by atoms with van der Waals surface area (Å²) in [6.07, 6.45) is 0.200. The minimum atomic E-state index is 0.200. The lowest BCUT2D eigenvalue weighted by molar-refractivity contribution is 0.117. The summed E-state index contributed by atoms with van der Waals surface area (Å²) in [4.78, 5) is 0. The van der Waals surface area contributed by atoms with E-state index in [0.717, 1.165) is 30.2 Å². The molecule has 1 atom stereocenters. The second kappa shape index (κ2) is 7.95. The van der Waals surface area contributed by atoms with Crippen molar-refractivity contribution in [2.45, 2.75) is 26.5 Å². The molecule has 0 aliphatic rings. The Balaban J connectivity index is 2.66. The van der Waals surface area contributed by atoms with Gasteiger partial charge >= 0.3 is 0 Å². The third-order valence-corrected chi connectivity index (χ3v) is 2.71. The van der Waals surface area contributed by atoms with E-state index in [9.17, 15) is 0 Å². The molecule has 0 bridgehead atoms. The molecule has 1 rings (SSSR count). The Hall–Kier alpha value is -1.26. The van der Waals surface area contributed by atoms with E-state index in [1.54, 1.807) is 14.2 Å². The number of rotatable bonds is 8. The lowest BCUT2D eigenvalue weighted by Crippen LogP contribution is -2.25.